The second-order valence-corrected chi connectivity index (χ2v) is 6.62. The molecule has 0 amide bonds. The summed E-state index contributed by atoms with van der Waals surface area (Å²) in [6.45, 7) is 2.82. The van der Waals surface area contributed by atoms with E-state index in [0.717, 1.165) is 35.3 Å². The molecule has 0 saturated carbocycles. The third kappa shape index (κ3) is 3.18. The predicted molar refractivity (Wildman–Crippen MR) is 98.7 cm³/mol. The van der Waals surface area contributed by atoms with Crippen molar-refractivity contribution in [1.29, 1.82) is 0 Å². The fourth-order valence-electron chi connectivity index (χ4n) is 3.38. The molecule has 25 heavy (non-hydrogen) atoms. The van der Waals surface area contributed by atoms with Crippen LogP contribution in [0.3, 0.4) is 0 Å². The molecule has 1 atom stereocenters. The van der Waals surface area contributed by atoms with E-state index in [0.29, 0.717) is 0 Å². The van der Waals surface area contributed by atoms with Crippen molar-refractivity contribution in [2.24, 2.45) is 0 Å². The highest BCUT2D eigenvalue weighted by Crippen LogP contribution is 2.27. The minimum Gasteiger partial charge on any atom is -0.381 e. The van der Waals surface area contributed by atoms with Crippen molar-refractivity contribution < 1.29 is 9.36 Å². The van der Waals surface area contributed by atoms with Crippen molar-refractivity contribution in [3.63, 3.8) is 0 Å². The Morgan fingerprint density at radius 3 is 2.56 bits per heavy atom. The standard InChI is InChI=1S/C22H20N2O/c1-16-7-8-18-14-21(22(25)20(18)13-16)24-11-9-19(10-12-24)23-15-17-5-3-2-4-6-17/h2-13,21H,14-15H2,1H3/p+1. The molecule has 1 unspecified atom stereocenters. The Morgan fingerprint density at radius 2 is 1.80 bits per heavy atom. The molecule has 1 aromatic heterocycles. The summed E-state index contributed by atoms with van der Waals surface area (Å²) in [5.74, 6) is 0.216. The second-order valence-electron chi connectivity index (χ2n) is 6.62. The number of hydrogen-bond acceptors (Lipinski definition) is 2. The summed E-state index contributed by atoms with van der Waals surface area (Å²) in [5, 5.41) is 3.42. The van der Waals surface area contributed by atoms with Crippen LogP contribution in [0, 0.1) is 6.92 Å². The monoisotopic (exact) mass is 329 g/mol. The molecule has 124 valence electrons. The van der Waals surface area contributed by atoms with Crippen LogP contribution in [-0.4, -0.2) is 5.78 Å². The number of nitrogens with zero attached hydrogens (tertiary/aromatic N) is 1. The molecule has 0 radical (unpaired) electrons. The van der Waals surface area contributed by atoms with Crippen LogP contribution in [0.15, 0.2) is 73.1 Å². The molecular formula is C22H21N2O+. The highest BCUT2D eigenvalue weighted by molar-refractivity contribution is 6.02. The maximum Gasteiger partial charge on any atom is 0.231 e. The highest BCUT2D eigenvalue weighted by Gasteiger charge is 2.37. The lowest BCUT2D eigenvalue weighted by Crippen LogP contribution is -2.42. The Balaban J connectivity index is 1.47. The zero-order valence-corrected chi connectivity index (χ0v) is 14.3. The van der Waals surface area contributed by atoms with Gasteiger partial charge in [-0.05, 0) is 24.1 Å². The van der Waals surface area contributed by atoms with Crippen LogP contribution in [0.25, 0.3) is 0 Å². The van der Waals surface area contributed by atoms with Crippen molar-refractivity contribution in [3.05, 3.63) is 95.3 Å². The number of carbonyl (C=O) groups excluding carboxylic acids is 1. The molecule has 2 aromatic carbocycles. The summed E-state index contributed by atoms with van der Waals surface area (Å²) in [6, 6.07) is 20.4. The Labute approximate surface area is 148 Å². The van der Waals surface area contributed by atoms with E-state index in [1.54, 1.807) is 0 Å². The molecule has 1 aliphatic carbocycles. The Bertz CT molecular complexity index is 901. The van der Waals surface area contributed by atoms with Gasteiger partial charge < -0.3 is 5.32 Å². The van der Waals surface area contributed by atoms with Gasteiger partial charge >= 0.3 is 0 Å². The van der Waals surface area contributed by atoms with Gasteiger partial charge in [0.2, 0.25) is 11.8 Å². The quantitative estimate of drug-likeness (QED) is 0.737. The van der Waals surface area contributed by atoms with Crippen molar-refractivity contribution in [1.82, 2.24) is 0 Å². The van der Waals surface area contributed by atoms with Gasteiger partial charge in [0, 0.05) is 36.3 Å². The zero-order chi connectivity index (χ0) is 17.2. The maximum absolute atomic E-state index is 12.7. The number of Topliss-reactive ketones (excluding diaryl/α,β-unsaturated/α-hetero) is 1. The second kappa shape index (κ2) is 6.52. The summed E-state index contributed by atoms with van der Waals surface area (Å²) < 4.78 is 2.02. The number of aromatic nitrogens is 1. The first kappa shape index (κ1) is 15.6. The lowest BCUT2D eigenvalue weighted by Gasteiger charge is -2.07. The minimum atomic E-state index is -0.125. The van der Waals surface area contributed by atoms with Crippen LogP contribution in [0.5, 0.6) is 0 Å². The van der Waals surface area contributed by atoms with Gasteiger partial charge in [0.25, 0.3) is 0 Å². The normalized spacial score (nSPS) is 15.9. The number of rotatable bonds is 4. The topological polar surface area (TPSA) is 33.0 Å². The fraction of sp³-hybridized carbons (Fsp3) is 0.182. The van der Waals surface area contributed by atoms with Crippen LogP contribution in [0.1, 0.15) is 33.1 Å². The molecule has 1 aliphatic rings. The molecule has 0 spiro atoms. The van der Waals surface area contributed by atoms with Crippen molar-refractivity contribution in [3.8, 4) is 0 Å². The average Bonchev–Trinajstić information content (AvgIpc) is 2.98. The maximum atomic E-state index is 12.7. The zero-order valence-electron chi connectivity index (χ0n) is 14.3. The molecule has 3 heteroatoms. The van der Waals surface area contributed by atoms with Crippen LogP contribution in [0.4, 0.5) is 5.69 Å². The number of benzene rings is 2. The van der Waals surface area contributed by atoms with E-state index in [-0.39, 0.29) is 11.8 Å². The lowest BCUT2D eigenvalue weighted by molar-refractivity contribution is -0.706. The van der Waals surface area contributed by atoms with Gasteiger partial charge in [-0.15, -0.1) is 0 Å². The van der Waals surface area contributed by atoms with Crippen LogP contribution in [0.2, 0.25) is 0 Å². The number of ketones is 1. The van der Waals surface area contributed by atoms with Crippen LogP contribution in [-0.2, 0) is 13.0 Å². The third-order valence-electron chi connectivity index (χ3n) is 4.80. The Morgan fingerprint density at radius 1 is 1.04 bits per heavy atom. The van der Waals surface area contributed by atoms with Crippen molar-refractivity contribution in [2.45, 2.75) is 25.9 Å². The third-order valence-corrected chi connectivity index (χ3v) is 4.80. The predicted octanol–water partition coefficient (Wildman–Crippen LogP) is 3.87. The molecule has 4 rings (SSSR count). The first-order valence-corrected chi connectivity index (χ1v) is 8.63. The van der Waals surface area contributed by atoms with Gasteiger partial charge in [-0.3, -0.25) is 4.79 Å². The first-order valence-electron chi connectivity index (χ1n) is 8.63. The summed E-state index contributed by atoms with van der Waals surface area (Å²) in [7, 11) is 0. The molecular weight excluding hydrogens is 308 g/mol. The van der Waals surface area contributed by atoms with Gasteiger partial charge in [-0.1, -0.05) is 48.0 Å². The summed E-state index contributed by atoms with van der Waals surface area (Å²) in [5.41, 5.74) is 5.47. The van der Waals surface area contributed by atoms with E-state index in [1.165, 1.54) is 5.56 Å². The fourth-order valence-corrected chi connectivity index (χ4v) is 3.38. The van der Waals surface area contributed by atoms with E-state index in [2.05, 4.69) is 29.6 Å². The van der Waals surface area contributed by atoms with E-state index < -0.39 is 0 Å². The number of nitrogens with one attached hydrogen (secondary N) is 1. The Kier molecular flexibility index (Phi) is 4.06. The number of aryl methyl sites for hydroxylation is 1. The molecule has 1 heterocycles. The van der Waals surface area contributed by atoms with Gasteiger partial charge in [0.05, 0.1) is 0 Å². The molecule has 0 bridgehead atoms. The van der Waals surface area contributed by atoms with Gasteiger partial charge in [0.15, 0.2) is 12.4 Å². The van der Waals surface area contributed by atoms with E-state index >= 15 is 0 Å². The lowest BCUT2D eigenvalue weighted by atomic mass is 10.1. The van der Waals surface area contributed by atoms with Crippen molar-refractivity contribution in [2.75, 3.05) is 5.32 Å². The average molecular weight is 329 g/mol. The van der Waals surface area contributed by atoms with E-state index in [4.69, 9.17) is 0 Å². The van der Waals surface area contributed by atoms with E-state index in [1.807, 2.05) is 60.3 Å². The molecule has 0 saturated heterocycles. The minimum absolute atomic E-state index is 0.125. The SMILES string of the molecule is Cc1ccc2c(c1)C(=O)C([n+]1ccc(NCc3ccccc3)cc1)C2. The van der Waals surface area contributed by atoms with Crippen molar-refractivity contribution >= 4 is 11.5 Å². The first-order chi connectivity index (χ1) is 12.2. The largest absolute Gasteiger partial charge is 0.381 e. The number of anilines is 1. The van der Waals surface area contributed by atoms with Gasteiger partial charge in [-0.2, -0.15) is 4.57 Å². The number of hydrogen-bond donors (Lipinski definition) is 1. The van der Waals surface area contributed by atoms with Gasteiger partial charge in [-0.25, -0.2) is 0 Å². The van der Waals surface area contributed by atoms with E-state index in [9.17, 15) is 4.79 Å². The smallest absolute Gasteiger partial charge is 0.231 e. The molecule has 1 N–H and O–H groups in total. The van der Waals surface area contributed by atoms with Gasteiger partial charge in [0.1, 0.15) is 0 Å². The number of pyridine rings is 1. The molecule has 3 aromatic rings. The van der Waals surface area contributed by atoms with Crippen LogP contribution < -0.4 is 9.88 Å². The molecule has 0 aliphatic heterocycles. The highest BCUT2D eigenvalue weighted by atomic mass is 16.1. The summed E-state index contributed by atoms with van der Waals surface area (Å²) in [4.78, 5) is 12.7. The number of carbonyl (C=O) groups is 1. The molecule has 0 fully saturated rings. The number of fused-ring (bicyclic) bond motifs is 1. The summed E-state index contributed by atoms with van der Waals surface area (Å²) >= 11 is 0. The molecule has 3 nitrogen and oxygen atoms in total. The summed E-state index contributed by atoms with van der Waals surface area (Å²) in [6.07, 6.45) is 4.76. The Hall–Kier alpha value is -2.94. The van der Waals surface area contributed by atoms with Crippen LogP contribution >= 0.6 is 0 Å².